The van der Waals surface area contributed by atoms with Crippen molar-refractivity contribution in [1.82, 2.24) is 10.2 Å². The maximum atomic E-state index is 12.0. The van der Waals surface area contributed by atoms with Gasteiger partial charge in [-0.1, -0.05) is 0 Å². The number of hydrogen-bond donors (Lipinski definition) is 2. The highest BCUT2D eigenvalue weighted by atomic mass is 16.4. The summed E-state index contributed by atoms with van der Waals surface area (Å²) < 4.78 is 0. The topological polar surface area (TPSA) is 86.7 Å². The van der Waals surface area contributed by atoms with Gasteiger partial charge in [-0.25, -0.2) is 4.79 Å². The Morgan fingerprint density at radius 2 is 2.19 bits per heavy atom. The Morgan fingerprint density at radius 1 is 1.44 bits per heavy atom. The van der Waals surface area contributed by atoms with Crippen molar-refractivity contribution in [1.29, 1.82) is 0 Å². The normalized spacial score (nSPS) is 29.2. The molecule has 0 radical (unpaired) electrons. The maximum absolute atomic E-state index is 12.0. The van der Waals surface area contributed by atoms with E-state index in [-0.39, 0.29) is 24.2 Å². The van der Waals surface area contributed by atoms with Crippen molar-refractivity contribution in [3.8, 4) is 0 Å². The van der Waals surface area contributed by atoms with Gasteiger partial charge in [0.1, 0.15) is 6.04 Å². The van der Waals surface area contributed by atoms with Crippen LogP contribution in [-0.2, 0) is 14.4 Å². The zero-order chi connectivity index (χ0) is 11.7. The quantitative estimate of drug-likeness (QED) is 0.645. The minimum Gasteiger partial charge on any atom is -0.480 e. The second-order valence-corrected chi connectivity index (χ2v) is 4.23. The molecule has 0 aliphatic carbocycles. The Morgan fingerprint density at radius 3 is 2.75 bits per heavy atom. The van der Waals surface area contributed by atoms with E-state index in [4.69, 9.17) is 5.11 Å². The van der Waals surface area contributed by atoms with Crippen LogP contribution in [0.1, 0.15) is 19.3 Å². The zero-order valence-corrected chi connectivity index (χ0v) is 8.81. The fourth-order valence-corrected chi connectivity index (χ4v) is 2.30. The molecule has 88 valence electrons. The van der Waals surface area contributed by atoms with E-state index in [9.17, 15) is 14.4 Å². The first kappa shape index (κ1) is 10.9. The molecule has 16 heavy (non-hydrogen) atoms. The van der Waals surface area contributed by atoms with Gasteiger partial charge in [-0.15, -0.1) is 0 Å². The first-order valence-corrected chi connectivity index (χ1v) is 5.39. The van der Waals surface area contributed by atoms with Gasteiger partial charge in [0.25, 0.3) is 0 Å². The third kappa shape index (κ3) is 1.87. The third-order valence-corrected chi connectivity index (χ3v) is 3.15. The van der Waals surface area contributed by atoms with Crippen molar-refractivity contribution < 1.29 is 19.5 Å². The largest absolute Gasteiger partial charge is 0.480 e. The standard InChI is InChI=1S/C10H14N2O4/c13-8-4-6(5-11-8)9(14)12-3-1-2-7(12)10(15)16/h6-7H,1-5H2,(H,11,13)(H,15,16). The lowest BCUT2D eigenvalue weighted by molar-refractivity contribution is -0.149. The molecular formula is C10H14N2O4. The summed E-state index contributed by atoms with van der Waals surface area (Å²) in [5.74, 6) is -1.68. The Kier molecular flexibility index (Phi) is 2.80. The molecule has 2 aliphatic heterocycles. The van der Waals surface area contributed by atoms with E-state index in [1.807, 2.05) is 0 Å². The number of likely N-dealkylation sites (tertiary alicyclic amines) is 1. The van der Waals surface area contributed by atoms with E-state index in [0.717, 1.165) is 6.42 Å². The molecule has 2 N–H and O–H groups in total. The van der Waals surface area contributed by atoms with Crippen molar-refractivity contribution in [3.63, 3.8) is 0 Å². The van der Waals surface area contributed by atoms with Gasteiger partial charge in [-0.3, -0.25) is 9.59 Å². The molecule has 2 fully saturated rings. The van der Waals surface area contributed by atoms with E-state index < -0.39 is 12.0 Å². The average Bonchev–Trinajstić information content (AvgIpc) is 2.84. The Hall–Kier alpha value is -1.59. The van der Waals surface area contributed by atoms with Gasteiger partial charge >= 0.3 is 5.97 Å². The molecule has 0 aromatic heterocycles. The highest BCUT2D eigenvalue weighted by Crippen LogP contribution is 2.22. The SMILES string of the molecule is O=C1CC(C(=O)N2CCCC2C(=O)O)CN1. The lowest BCUT2D eigenvalue weighted by Crippen LogP contribution is -2.43. The van der Waals surface area contributed by atoms with Crippen LogP contribution in [0.4, 0.5) is 0 Å². The first-order chi connectivity index (χ1) is 7.59. The smallest absolute Gasteiger partial charge is 0.326 e. The van der Waals surface area contributed by atoms with Crippen LogP contribution in [0.5, 0.6) is 0 Å². The number of nitrogens with zero attached hydrogens (tertiary/aromatic N) is 1. The predicted octanol–water partition coefficient (Wildman–Crippen LogP) is -0.802. The van der Waals surface area contributed by atoms with Gasteiger partial charge in [0.05, 0.1) is 5.92 Å². The monoisotopic (exact) mass is 226 g/mol. The summed E-state index contributed by atoms with van der Waals surface area (Å²) in [6.45, 7) is 0.820. The zero-order valence-electron chi connectivity index (χ0n) is 8.81. The molecule has 6 heteroatoms. The lowest BCUT2D eigenvalue weighted by Gasteiger charge is -2.23. The molecule has 2 amide bonds. The van der Waals surface area contributed by atoms with Crippen molar-refractivity contribution in [2.24, 2.45) is 5.92 Å². The highest BCUT2D eigenvalue weighted by Gasteiger charge is 2.39. The number of carboxylic acid groups (broad SMARTS) is 1. The number of carbonyl (C=O) groups is 3. The summed E-state index contributed by atoms with van der Waals surface area (Å²) in [6, 6.07) is -0.705. The summed E-state index contributed by atoms with van der Waals surface area (Å²) in [5.41, 5.74) is 0. The van der Waals surface area contributed by atoms with Crippen LogP contribution in [0.2, 0.25) is 0 Å². The summed E-state index contributed by atoms with van der Waals surface area (Å²) in [4.78, 5) is 35.3. The van der Waals surface area contributed by atoms with Gasteiger partial charge in [-0.05, 0) is 12.8 Å². The Bertz CT molecular complexity index is 342. The van der Waals surface area contributed by atoms with Crippen LogP contribution in [0.25, 0.3) is 0 Å². The van der Waals surface area contributed by atoms with E-state index in [1.54, 1.807) is 0 Å². The number of hydrogen-bond acceptors (Lipinski definition) is 3. The molecule has 2 heterocycles. The molecule has 2 aliphatic rings. The van der Waals surface area contributed by atoms with Gasteiger partial charge in [0.15, 0.2) is 0 Å². The van der Waals surface area contributed by atoms with Gasteiger partial charge < -0.3 is 15.3 Å². The Balaban J connectivity index is 2.03. The van der Waals surface area contributed by atoms with Crippen LogP contribution >= 0.6 is 0 Å². The van der Waals surface area contributed by atoms with Crippen molar-refractivity contribution in [2.75, 3.05) is 13.1 Å². The maximum Gasteiger partial charge on any atom is 0.326 e. The van der Waals surface area contributed by atoms with Gasteiger partial charge in [0, 0.05) is 19.5 Å². The van der Waals surface area contributed by atoms with E-state index in [0.29, 0.717) is 19.5 Å². The number of nitrogens with one attached hydrogen (secondary N) is 1. The van der Waals surface area contributed by atoms with Crippen molar-refractivity contribution >= 4 is 17.8 Å². The number of amides is 2. The molecule has 0 aromatic rings. The Labute approximate surface area is 92.6 Å². The summed E-state index contributed by atoms with van der Waals surface area (Å²) in [6.07, 6.45) is 1.41. The molecule has 6 nitrogen and oxygen atoms in total. The fourth-order valence-electron chi connectivity index (χ4n) is 2.30. The fraction of sp³-hybridized carbons (Fsp3) is 0.700. The second kappa shape index (κ2) is 4.11. The minimum atomic E-state index is -0.955. The number of aliphatic carboxylic acids is 1. The minimum absolute atomic E-state index is 0.135. The van der Waals surface area contributed by atoms with Gasteiger partial charge in [0.2, 0.25) is 11.8 Å². The molecule has 0 spiro atoms. The van der Waals surface area contributed by atoms with E-state index >= 15 is 0 Å². The predicted molar refractivity (Wildman–Crippen MR) is 53.5 cm³/mol. The van der Waals surface area contributed by atoms with E-state index in [2.05, 4.69) is 5.32 Å². The summed E-state index contributed by atoms with van der Waals surface area (Å²) in [5, 5.41) is 11.5. The van der Waals surface area contributed by atoms with Crippen molar-refractivity contribution in [2.45, 2.75) is 25.3 Å². The molecule has 0 saturated carbocycles. The summed E-state index contributed by atoms with van der Waals surface area (Å²) in [7, 11) is 0. The summed E-state index contributed by atoms with van der Waals surface area (Å²) >= 11 is 0. The average molecular weight is 226 g/mol. The number of carbonyl (C=O) groups excluding carboxylic acids is 2. The first-order valence-electron chi connectivity index (χ1n) is 5.39. The second-order valence-electron chi connectivity index (χ2n) is 4.23. The third-order valence-electron chi connectivity index (χ3n) is 3.15. The number of rotatable bonds is 2. The molecule has 2 atom stereocenters. The molecule has 0 aromatic carbocycles. The van der Waals surface area contributed by atoms with Gasteiger partial charge in [-0.2, -0.15) is 0 Å². The number of carboxylic acids is 1. The van der Waals surface area contributed by atoms with Crippen LogP contribution in [-0.4, -0.2) is 46.9 Å². The highest BCUT2D eigenvalue weighted by molar-refractivity contribution is 5.91. The molecule has 2 unspecified atom stereocenters. The van der Waals surface area contributed by atoms with Crippen LogP contribution < -0.4 is 5.32 Å². The molecule has 2 rings (SSSR count). The molecule has 0 bridgehead atoms. The molecular weight excluding hydrogens is 212 g/mol. The lowest BCUT2D eigenvalue weighted by atomic mass is 10.1. The van der Waals surface area contributed by atoms with Crippen LogP contribution in [0.15, 0.2) is 0 Å². The molecule has 2 saturated heterocycles. The van der Waals surface area contributed by atoms with Crippen molar-refractivity contribution in [3.05, 3.63) is 0 Å². The van der Waals surface area contributed by atoms with E-state index in [1.165, 1.54) is 4.90 Å². The van der Waals surface area contributed by atoms with Crippen LogP contribution in [0.3, 0.4) is 0 Å². The van der Waals surface area contributed by atoms with Crippen LogP contribution in [0, 0.1) is 5.92 Å².